The summed E-state index contributed by atoms with van der Waals surface area (Å²) in [6.07, 6.45) is 11.9. The Bertz CT molecular complexity index is 724. The quantitative estimate of drug-likeness (QED) is 0.820. The third-order valence-electron chi connectivity index (χ3n) is 7.60. The summed E-state index contributed by atoms with van der Waals surface area (Å²) in [5.41, 5.74) is 0.225. The highest BCUT2D eigenvalue weighted by Gasteiger charge is 2.51. The summed E-state index contributed by atoms with van der Waals surface area (Å²) in [6, 6.07) is 1.80. The summed E-state index contributed by atoms with van der Waals surface area (Å²) in [5, 5.41) is 2.93. The molecule has 156 valence electrons. The van der Waals surface area contributed by atoms with E-state index < -0.39 is 0 Å². The molecular formula is C22H31N5O2. The summed E-state index contributed by atoms with van der Waals surface area (Å²) in [5.74, 6) is 3.33. The minimum absolute atomic E-state index is 0.0116. The van der Waals surface area contributed by atoms with Crippen LogP contribution < -0.4 is 10.2 Å². The molecular weight excluding hydrogens is 366 g/mol. The molecule has 29 heavy (non-hydrogen) atoms. The molecule has 4 aliphatic carbocycles. The minimum atomic E-state index is 0.0116. The van der Waals surface area contributed by atoms with Crippen molar-refractivity contribution in [3.05, 3.63) is 18.5 Å². The number of nitrogens with zero attached hydrogens (tertiary/aromatic N) is 4. The van der Waals surface area contributed by atoms with Crippen molar-refractivity contribution in [3.8, 4) is 0 Å². The maximum absolute atomic E-state index is 12.6. The summed E-state index contributed by atoms with van der Waals surface area (Å²) in [6.45, 7) is 2.84. The van der Waals surface area contributed by atoms with Crippen molar-refractivity contribution in [2.24, 2.45) is 23.2 Å². The van der Waals surface area contributed by atoms with Gasteiger partial charge in [-0.05, 0) is 67.8 Å². The molecule has 1 aromatic heterocycles. The number of piperazine rings is 1. The van der Waals surface area contributed by atoms with Crippen LogP contribution in [-0.2, 0) is 9.59 Å². The van der Waals surface area contributed by atoms with Gasteiger partial charge in [-0.15, -0.1) is 0 Å². The highest BCUT2D eigenvalue weighted by Crippen LogP contribution is 2.61. The molecule has 0 unspecified atom stereocenters. The first kappa shape index (κ1) is 18.8. The van der Waals surface area contributed by atoms with Crippen LogP contribution in [-0.4, -0.2) is 59.4 Å². The summed E-state index contributed by atoms with van der Waals surface area (Å²) < 4.78 is 0. The van der Waals surface area contributed by atoms with Crippen molar-refractivity contribution >= 4 is 17.8 Å². The molecule has 5 aliphatic rings. The number of anilines is 1. The topological polar surface area (TPSA) is 78.4 Å². The number of nitrogens with one attached hydrogen (secondary N) is 1. The van der Waals surface area contributed by atoms with Crippen molar-refractivity contribution in [1.29, 1.82) is 0 Å². The maximum Gasteiger partial charge on any atom is 0.242 e. The zero-order chi connectivity index (χ0) is 19.8. The molecule has 1 N–H and O–H groups in total. The molecule has 0 spiro atoms. The van der Waals surface area contributed by atoms with Crippen LogP contribution in [0.3, 0.4) is 0 Å². The molecule has 0 radical (unpaired) electrons. The van der Waals surface area contributed by atoms with Gasteiger partial charge in [0.25, 0.3) is 0 Å². The first-order chi connectivity index (χ1) is 14.1. The van der Waals surface area contributed by atoms with E-state index in [0.29, 0.717) is 25.5 Å². The number of hydrogen-bond donors (Lipinski definition) is 1. The Kier molecular flexibility index (Phi) is 4.92. The number of hydrogen-bond acceptors (Lipinski definition) is 5. The number of carbonyl (C=O) groups is 2. The van der Waals surface area contributed by atoms with Gasteiger partial charge in [0.05, 0.1) is 6.54 Å². The average Bonchev–Trinajstić information content (AvgIpc) is 2.71. The van der Waals surface area contributed by atoms with Crippen molar-refractivity contribution in [2.75, 3.05) is 37.6 Å². The Morgan fingerprint density at radius 2 is 1.55 bits per heavy atom. The van der Waals surface area contributed by atoms with Crippen molar-refractivity contribution in [1.82, 2.24) is 20.2 Å². The fraction of sp³-hybridized carbons (Fsp3) is 0.727. The largest absolute Gasteiger partial charge is 0.347 e. The van der Waals surface area contributed by atoms with Gasteiger partial charge in [0, 0.05) is 45.0 Å². The van der Waals surface area contributed by atoms with Gasteiger partial charge in [-0.1, -0.05) is 0 Å². The molecule has 1 aliphatic heterocycles. The van der Waals surface area contributed by atoms with E-state index in [2.05, 4.69) is 20.2 Å². The van der Waals surface area contributed by atoms with Crippen LogP contribution in [0.4, 0.5) is 5.95 Å². The van der Waals surface area contributed by atoms with Crippen molar-refractivity contribution in [2.45, 2.75) is 44.9 Å². The van der Waals surface area contributed by atoms with Gasteiger partial charge >= 0.3 is 0 Å². The van der Waals surface area contributed by atoms with Crippen LogP contribution in [0.15, 0.2) is 18.5 Å². The van der Waals surface area contributed by atoms with Crippen LogP contribution in [0.25, 0.3) is 0 Å². The lowest BCUT2D eigenvalue weighted by molar-refractivity contribution is -0.135. The highest BCUT2D eigenvalue weighted by atomic mass is 16.2. The molecule has 6 rings (SSSR count). The molecule has 2 heterocycles. The molecule has 1 aromatic rings. The van der Waals surface area contributed by atoms with Gasteiger partial charge in [0.15, 0.2) is 0 Å². The summed E-state index contributed by atoms with van der Waals surface area (Å²) >= 11 is 0. The molecule has 4 saturated carbocycles. The standard InChI is InChI=1S/C22H31N5O2/c28-19(14-22-11-16-8-17(12-22)10-18(9-16)13-22)25-15-20(29)26-4-6-27(7-5-26)21-23-2-1-3-24-21/h1-3,16-18H,4-15H2,(H,25,28). The minimum Gasteiger partial charge on any atom is -0.347 e. The third-order valence-corrected chi connectivity index (χ3v) is 7.60. The zero-order valence-electron chi connectivity index (χ0n) is 17.1. The van der Waals surface area contributed by atoms with Crippen LogP contribution in [0.1, 0.15) is 44.9 Å². The first-order valence-electron chi connectivity index (χ1n) is 11.1. The molecule has 5 fully saturated rings. The van der Waals surface area contributed by atoms with Crippen molar-refractivity contribution < 1.29 is 9.59 Å². The summed E-state index contributed by atoms with van der Waals surface area (Å²) in [7, 11) is 0. The Labute approximate surface area is 172 Å². The molecule has 0 atom stereocenters. The lowest BCUT2D eigenvalue weighted by atomic mass is 9.49. The number of aromatic nitrogens is 2. The molecule has 2 amide bonds. The fourth-order valence-corrected chi connectivity index (χ4v) is 6.81. The zero-order valence-corrected chi connectivity index (χ0v) is 17.1. The van der Waals surface area contributed by atoms with Gasteiger partial charge in [-0.3, -0.25) is 9.59 Å². The second-order valence-corrected chi connectivity index (χ2v) is 9.79. The predicted molar refractivity (Wildman–Crippen MR) is 109 cm³/mol. The monoisotopic (exact) mass is 397 g/mol. The van der Waals surface area contributed by atoms with E-state index in [1.54, 1.807) is 18.5 Å². The van der Waals surface area contributed by atoms with Crippen LogP contribution in [0.5, 0.6) is 0 Å². The van der Waals surface area contributed by atoms with E-state index in [1.165, 1.54) is 38.5 Å². The lowest BCUT2D eigenvalue weighted by Gasteiger charge is -2.56. The molecule has 0 aromatic carbocycles. The van der Waals surface area contributed by atoms with E-state index in [9.17, 15) is 9.59 Å². The second kappa shape index (κ2) is 7.58. The average molecular weight is 398 g/mol. The fourth-order valence-electron chi connectivity index (χ4n) is 6.81. The Morgan fingerprint density at radius 1 is 0.966 bits per heavy atom. The second-order valence-electron chi connectivity index (χ2n) is 9.79. The van der Waals surface area contributed by atoms with Gasteiger partial charge < -0.3 is 15.1 Å². The summed E-state index contributed by atoms with van der Waals surface area (Å²) in [4.78, 5) is 37.7. The van der Waals surface area contributed by atoms with Gasteiger partial charge in [0.2, 0.25) is 17.8 Å². The van der Waals surface area contributed by atoms with E-state index in [-0.39, 0.29) is 23.8 Å². The number of rotatable bonds is 5. The maximum atomic E-state index is 12.6. The molecule has 7 heteroatoms. The van der Waals surface area contributed by atoms with Crippen LogP contribution >= 0.6 is 0 Å². The molecule has 1 saturated heterocycles. The van der Waals surface area contributed by atoms with E-state index in [0.717, 1.165) is 30.8 Å². The van der Waals surface area contributed by atoms with Crippen molar-refractivity contribution in [3.63, 3.8) is 0 Å². The Balaban J connectivity index is 1.08. The molecule has 7 nitrogen and oxygen atoms in total. The third kappa shape index (κ3) is 3.96. The smallest absolute Gasteiger partial charge is 0.242 e. The van der Waals surface area contributed by atoms with Gasteiger partial charge in [0.1, 0.15) is 0 Å². The SMILES string of the molecule is O=C(CC12CC3CC(CC(C3)C1)C2)NCC(=O)N1CCN(c2ncccn2)CC1. The van der Waals surface area contributed by atoms with Crippen LogP contribution in [0.2, 0.25) is 0 Å². The number of amides is 2. The number of carbonyl (C=O) groups excluding carboxylic acids is 2. The van der Waals surface area contributed by atoms with Gasteiger partial charge in [-0.2, -0.15) is 0 Å². The predicted octanol–water partition coefficient (Wildman–Crippen LogP) is 1.85. The Hall–Kier alpha value is -2.18. The Morgan fingerprint density at radius 3 is 2.14 bits per heavy atom. The van der Waals surface area contributed by atoms with Gasteiger partial charge in [-0.25, -0.2) is 9.97 Å². The van der Waals surface area contributed by atoms with E-state index in [4.69, 9.17) is 0 Å². The van der Waals surface area contributed by atoms with Crippen LogP contribution in [0, 0.1) is 23.2 Å². The normalized spacial score (nSPS) is 33.0. The highest BCUT2D eigenvalue weighted by molar-refractivity contribution is 5.85. The lowest BCUT2D eigenvalue weighted by Crippen LogP contribution is -2.52. The first-order valence-corrected chi connectivity index (χ1v) is 11.1. The molecule has 4 bridgehead atoms. The van der Waals surface area contributed by atoms with E-state index in [1.807, 2.05) is 4.90 Å². The van der Waals surface area contributed by atoms with E-state index >= 15 is 0 Å².